The number of aryl methyl sites for hydroxylation is 2. The molecule has 2 nitrogen and oxygen atoms in total. The molecular formula is C16H18ClNO. The second kappa shape index (κ2) is 6.09. The van der Waals surface area contributed by atoms with Crippen LogP contribution in [0.25, 0.3) is 0 Å². The molecule has 0 atom stereocenters. The van der Waals surface area contributed by atoms with E-state index in [0.717, 1.165) is 11.3 Å². The van der Waals surface area contributed by atoms with Crippen molar-refractivity contribution < 1.29 is 4.74 Å². The fraction of sp³-hybridized carbons (Fsp3) is 0.250. The van der Waals surface area contributed by atoms with Crippen molar-refractivity contribution in [2.24, 2.45) is 5.73 Å². The van der Waals surface area contributed by atoms with Crippen LogP contribution >= 0.6 is 11.6 Å². The van der Waals surface area contributed by atoms with Gasteiger partial charge in [0.25, 0.3) is 0 Å². The summed E-state index contributed by atoms with van der Waals surface area (Å²) < 4.78 is 5.87. The highest BCUT2D eigenvalue weighted by Gasteiger charge is 2.07. The second-order valence-corrected chi connectivity index (χ2v) is 5.05. The van der Waals surface area contributed by atoms with Gasteiger partial charge in [0.2, 0.25) is 0 Å². The van der Waals surface area contributed by atoms with E-state index in [1.807, 2.05) is 18.2 Å². The second-order valence-electron chi connectivity index (χ2n) is 4.64. The van der Waals surface area contributed by atoms with E-state index in [4.69, 9.17) is 22.1 Å². The SMILES string of the molecule is Cc1ccc(C)c(COc2cccc(Cl)c2CN)c1. The van der Waals surface area contributed by atoms with E-state index < -0.39 is 0 Å². The van der Waals surface area contributed by atoms with E-state index in [0.29, 0.717) is 18.2 Å². The summed E-state index contributed by atoms with van der Waals surface area (Å²) in [5.74, 6) is 0.760. The minimum Gasteiger partial charge on any atom is -0.489 e. The first kappa shape index (κ1) is 13.9. The van der Waals surface area contributed by atoms with Gasteiger partial charge < -0.3 is 10.5 Å². The lowest BCUT2D eigenvalue weighted by Crippen LogP contribution is -2.04. The molecule has 2 aromatic rings. The molecule has 19 heavy (non-hydrogen) atoms. The lowest BCUT2D eigenvalue weighted by atomic mass is 10.1. The van der Waals surface area contributed by atoms with Crippen LogP contribution in [0.2, 0.25) is 5.02 Å². The fourth-order valence-corrected chi connectivity index (χ4v) is 2.23. The summed E-state index contributed by atoms with van der Waals surface area (Å²) in [5, 5.41) is 0.654. The van der Waals surface area contributed by atoms with E-state index in [2.05, 4.69) is 32.0 Å². The van der Waals surface area contributed by atoms with E-state index in [1.54, 1.807) is 0 Å². The van der Waals surface area contributed by atoms with Crippen LogP contribution in [0.15, 0.2) is 36.4 Å². The molecule has 0 spiro atoms. The van der Waals surface area contributed by atoms with Crippen molar-refractivity contribution in [2.75, 3.05) is 0 Å². The van der Waals surface area contributed by atoms with Gasteiger partial charge in [-0.1, -0.05) is 41.4 Å². The Kier molecular flexibility index (Phi) is 4.46. The third-order valence-corrected chi connectivity index (χ3v) is 3.52. The number of hydrogen-bond donors (Lipinski definition) is 1. The molecule has 2 aromatic carbocycles. The van der Waals surface area contributed by atoms with Crippen LogP contribution in [-0.2, 0) is 13.2 Å². The summed E-state index contributed by atoms with van der Waals surface area (Å²) in [6, 6.07) is 12.0. The average Bonchev–Trinajstić information content (AvgIpc) is 2.40. The zero-order chi connectivity index (χ0) is 13.8. The number of halogens is 1. The number of nitrogens with two attached hydrogens (primary N) is 1. The molecule has 0 saturated heterocycles. The van der Waals surface area contributed by atoms with Crippen LogP contribution in [0.1, 0.15) is 22.3 Å². The highest BCUT2D eigenvalue weighted by molar-refractivity contribution is 6.31. The Morgan fingerprint density at radius 2 is 1.95 bits per heavy atom. The molecule has 2 rings (SSSR count). The highest BCUT2D eigenvalue weighted by atomic mass is 35.5. The smallest absolute Gasteiger partial charge is 0.125 e. The molecule has 0 aliphatic rings. The predicted molar refractivity (Wildman–Crippen MR) is 79.6 cm³/mol. The summed E-state index contributed by atoms with van der Waals surface area (Å²) in [6.45, 7) is 5.07. The first-order valence-corrected chi connectivity index (χ1v) is 6.66. The van der Waals surface area contributed by atoms with Crippen molar-refractivity contribution in [3.63, 3.8) is 0 Å². The lowest BCUT2D eigenvalue weighted by Gasteiger charge is -2.13. The molecule has 0 fully saturated rings. The predicted octanol–water partition coefficient (Wildman–Crippen LogP) is 3.99. The van der Waals surface area contributed by atoms with Gasteiger partial charge in [-0.15, -0.1) is 0 Å². The topological polar surface area (TPSA) is 35.2 Å². The summed E-state index contributed by atoms with van der Waals surface area (Å²) in [4.78, 5) is 0. The Morgan fingerprint density at radius 1 is 1.16 bits per heavy atom. The van der Waals surface area contributed by atoms with Crippen molar-refractivity contribution in [3.05, 3.63) is 63.7 Å². The summed E-state index contributed by atoms with van der Waals surface area (Å²) >= 11 is 6.11. The number of hydrogen-bond acceptors (Lipinski definition) is 2. The van der Waals surface area contributed by atoms with Crippen LogP contribution < -0.4 is 10.5 Å². The van der Waals surface area contributed by atoms with Crippen LogP contribution in [0.4, 0.5) is 0 Å². The van der Waals surface area contributed by atoms with Gasteiger partial charge in [-0.05, 0) is 37.1 Å². The van der Waals surface area contributed by atoms with E-state index in [1.165, 1.54) is 16.7 Å². The van der Waals surface area contributed by atoms with Gasteiger partial charge in [-0.3, -0.25) is 0 Å². The van der Waals surface area contributed by atoms with Crippen molar-refractivity contribution in [1.82, 2.24) is 0 Å². The van der Waals surface area contributed by atoms with Crippen LogP contribution in [-0.4, -0.2) is 0 Å². The fourth-order valence-electron chi connectivity index (χ4n) is 1.98. The average molecular weight is 276 g/mol. The molecule has 3 heteroatoms. The van der Waals surface area contributed by atoms with E-state index >= 15 is 0 Å². The van der Waals surface area contributed by atoms with Gasteiger partial charge in [-0.25, -0.2) is 0 Å². The third-order valence-electron chi connectivity index (χ3n) is 3.17. The first-order valence-electron chi connectivity index (χ1n) is 6.28. The molecule has 0 bridgehead atoms. The lowest BCUT2D eigenvalue weighted by molar-refractivity contribution is 0.302. The van der Waals surface area contributed by atoms with Crippen molar-refractivity contribution in [2.45, 2.75) is 27.0 Å². The minimum absolute atomic E-state index is 0.377. The van der Waals surface area contributed by atoms with Crippen LogP contribution in [0, 0.1) is 13.8 Å². The van der Waals surface area contributed by atoms with Crippen LogP contribution in [0.5, 0.6) is 5.75 Å². The van der Waals surface area contributed by atoms with Crippen molar-refractivity contribution in [3.8, 4) is 5.75 Å². The van der Waals surface area contributed by atoms with Crippen molar-refractivity contribution >= 4 is 11.6 Å². The zero-order valence-corrected chi connectivity index (χ0v) is 12.0. The quantitative estimate of drug-likeness (QED) is 0.915. The zero-order valence-electron chi connectivity index (χ0n) is 11.2. The Morgan fingerprint density at radius 3 is 2.68 bits per heavy atom. The third kappa shape index (κ3) is 3.28. The van der Waals surface area contributed by atoms with Gasteiger partial charge in [0, 0.05) is 17.1 Å². The Labute approximate surface area is 119 Å². The molecular weight excluding hydrogens is 258 g/mol. The maximum atomic E-state index is 6.11. The summed E-state index contributed by atoms with van der Waals surface area (Å²) in [6.07, 6.45) is 0. The van der Waals surface area contributed by atoms with Crippen molar-refractivity contribution in [1.29, 1.82) is 0 Å². The summed E-state index contributed by atoms with van der Waals surface area (Å²) in [5.41, 5.74) is 10.2. The van der Waals surface area contributed by atoms with Gasteiger partial charge in [0.1, 0.15) is 12.4 Å². The van der Waals surface area contributed by atoms with Gasteiger partial charge >= 0.3 is 0 Å². The number of rotatable bonds is 4. The van der Waals surface area contributed by atoms with Gasteiger partial charge in [0.15, 0.2) is 0 Å². The van der Waals surface area contributed by atoms with Gasteiger partial charge in [0.05, 0.1) is 0 Å². The largest absolute Gasteiger partial charge is 0.489 e. The summed E-state index contributed by atoms with van der Waals surface area (Å²) in [7, 11) is 0. The molecule has 0 aliphatic carbocycles. The maximum Gasteiger partial charge on any atom is 0.125 e. The molecule has 0 heterocycles. The highest BCUT2D eigenvalue weighted by Crippen LogP contribution is 2.27. The number of ether oxygens (including phenoxy) is 1. The molecule has 0 aliphatic heterocycles. The number of benzene rings is 2. The van der Waals surface area contributed by atoms with E-state index in [9.17, 15) is 0 Å². The normalized spacial score (nSPS) is 10.5. The Bertz CT molecular complexity index is 581. The minimum atomic E-state index is 0.377. The first-order chi connectivity index (χ1) is 9.11. The molecule has 0 aromatic heterocycles. The monoisotopic (exact) mass is 275 g/mol. The van der Waals surface area contributed by atoms with E-state index in [-0.39, 0.29) is 0 Å². The Balaban J connectivity index is 2.19. The molecule has 0 unspecified atom stereocenters. The van der Waals surface area contributed by atoms with Crippen LogP contribution in [0.3, 0.4) is 0 Å². The molecule has 100 valence electrons. The maximum absolute atomic E-state index is 6.11. The molecule has 0 saturated carbocycles. The Hall–Kier alpha value is -1.51. The standard InChI is InChI=1S/C16H18ClNO/c1-11-6-7-12(2)13(8-11)10-19-16-5-3-4-15(17)14(16)9-18/h3-8H,9-10,18H2,1-2H3. The van der Waals surface area contributed by atoms with Gasteiger partial charge in [-0.2, -0.15) is 0 Å². The molecule has 0 radical (unpaired) electrons. The molecule has 0 amide bonds. The molecule has 2 N–H and O–H groups in total.